The zero-order valence-corrected chi connectivity index (χ0v) is 12.8. The summed E-state index contributed by atoms with van der Waals surface area (Å²) >= 11 is 0. The van der Waals surface area contributed by atoms with Crippen LogP contribution in [0.2, 0.25) is 0 Å². The van der Waals surface area contributed by atoms with Crippen molar-refractivity contribution in [2.24, 2.45) is 5.92 Å². The van der Waals surface area contributed by atoms with E-state index in [4.69, 9.17) is 0 Å². The number of hydrogen-bond acceptors (Lipinski definition) is 3. The topological polar surface area (TPSA) is 35.6 Å². The molecule has 0 atom stereocenters. The summed E-state index contributed by atoms with van der Waals surface area (Å²) in [5.41, 5.74) is 2.24. The Labute approximate surface area is 127 Å². The van der Waals surface area contributed by atoms with Gasteiger partial charge < -0.3 is 15.1 Å². The number of rotatable bonds is 3. The Bertz CT molecular complexity index is 497. The highest BCUT2D eigenvalue weighted by Gasteiger charge is 2.25. The van der Waals surface area contributed by atoms with Crippen molar-refractivity contribution in [1.29, 1.82) is 0 Å². The zero-order chi connectivity index (χ0) is 14.7. The van der Waals surface area contributed by atoms with Gasteiger partial charge in [0.15, 0.2) is 0 Å². The van der Waals surface area contributed by atoms with E-state index < -0.39 is 0 Å². The van der Waals surface area contributed by atoms with Crippen LogP contribution < -0.4 is 15.1 Å². The molecule has 4 nitrogen and oxygen atoms in total. The minimum atomic E-state index is 0.286. The standard InChI is InChI=1S/C17H25N3O/c1-19-12-13-20(16-5-3-2-4-15(16)19)17(21)7-6-14-8-10-18-11-9-14/h2-5,14,18H,6-13H2,1H3. The van der Waals surface area contributed by atoms with Crippen molar-refractivity contribution in [3.8, 4) is 0 Å². The van der Waals surface area contributed by atoms with E-state index in [9.17, 15) is 4.79 Å². The normalized spacial score (nSPS) is 19.5. The maximum absolute atomic E-state index is 12.6. The molecule has 1 aromatic carbocycles. The molecule has 0 radical (unpaired) electrons. The maximum Gasteiger partial charge on any atom is 0.227 e. The quantitative estimate of drug-likeness (QED) is 0.926. The Kier molecular flexibility index (Phi) is 4.44. The average molecular weight is 287 g/mol. The molecule has 0 aromatic heterocycles. The summed E-state index contributed by atoms with van der Waals surface area (Å²) in [5.74, 6) is 1.01. The third-order valence-electron chi connectivity index (χ3n) is 4.77. The van der Waals surface area contributed by atoms with Crippen LogP contribution in [0.1, 0.15) is 25.7 Å². The highest BCUT2D eigenvalue weighted by Crippen LogP contribution is 2.32. The third kappa shape index (κ3) is 3.21. The largest absolute Gasteiger partial charge is 0.371 e. The maximum atomic E-state index is 12.6. The Morgan fingerprint density at radius 3 is 2.67 bits per heavy atom. The fourth-order valence-corrected chi connectivity index (χ4v) is 3.40. The van der Waals surface area contributed by atoms with E-state index >= 15 is 0 Å². The second kappa shape index (κ2) is 6.48. The van der Waals surface area contributed by atoms with Crippen molar-refractivity contribution in [2.45, 2.75) is 25.7 Å². The van der Waals surface area contributed by atoms with E-state index in [1.54, 1.807) is 0 Å². The van der Waals surface area contributed by atoms with Crippen molar-refractivity contribution in [2.75, 3.05) is 43.0 Å². The second-order valence-corrected chi connectivity index (χ2v) is 6.19. The summed E-state index contributed by atoms with van der Waals surface area (Å²) in [6.07, 6.45) is 4.15. The highest BCUT2D eigenvalue weighted by molar-refractivity contribution is 5.97. The molecule has 114 valence electrons. The molecule has 0 aliphatic carbocycles. The number of benzene rings is 1. The van der Waals surface area contributed by atoms with Crippen LogP contribution in [0.5, 0.6) is 0 Å². The van der Waals surface area contributed by atoms with Crippen molar-refractivity contribution in [1.82, 2.24) is 5.32 Å². The number of piperidine rings is 1. The molecule has 21 heavy (non-hydrogen) atoms. The van der Waals surface area contributed by atoms with Gasteiger partial charge in [0.05, 0.1) is 11.4 Å². The lowest BCUT2D eigenvalue weighted by molar-refractivity contribution is -0.119. The number of hydrogen-bond donors (Lipinski definition) is 1. The number of fused-ring (bicyclic) bond motifs is 1. The van der Waals surface area contributed by atoms with Crippen LogP contribution in [0.3, 0.4) is 0 Å². The molecule has 1 fully saturated rings. The van der Waals surface area contributed by atoms with Crippen LogP contribution in [-0.2, 0) is 4.79 Å². The first-order valence-corrected chi connectivity index (χ1v) is 8.07. The first-order chi connectivity index (χ1) is 10.3. The lowest BCUT2D eigenvalue weighted by Crippen LogP contribution is -2.42. The predicted molar refractivity (Wildman–Crippen MR) is 86.9 cm³/mol. The molecular formula is C17H25N3O. The minimum absolute atomic E-state index is 0.286. The molecule has 0 spiro atoms. The lowest BCUT2D eigenvalue weighted by atomic mass is 9.93. The van der Waals surface area contributed by atoms with Gasteiger partial charge >= 0.3 is 0 Å². The van der Waals surface area contributed by atoms with Crippen LogP contribution in [0.4, 0.5) is 11.4 Å². The van der Waals surface area contributed by atoms with Gasteiger partial charge in [-0.25, -0.2) is 0 Å². The van der Waals surface area contributed by atoms with E-state index in [1.165, 1.54) is 18.5 Å². The molecule has 1 saturated heterocycles. The van der Waals surface area contributed by atoms with Crippen LogP contribution in [0.25, 0.3) is 0 Å². The molecule has 0 saturated carbocycles. The average Bonchev–Trinajstić information content (AvgIpc) is 2.54. The van der Waals surface area contributed by atoms with Crippen molar-refractivity contribution < 1.29 is 4.79 Å². The molecule has 2 aliphatic rings. The predicted octanol–water partition coefficient (Wildman–Crippen LogP) is 2.25. The van der Waals surface area contributed by atoms with E-state index in [0.717, 1.165) is 44.2 Å². The third-order valence-corrected chi connectivity index (χ3v) is 4.77. The van der Waals surface area contributed by atoms with Gasteiger partial charge in [-0.2, -0.15) is 0 Å². The van der Waals surface area contributed by atoms with Crippen LogP contribution in [0, 0.1) is 5.92 Å². The Morgan fingerprint density at radius 2 is 1.90 bits per heavy atom. The Morgan fingerprint density at radius 1 is 1.19 bits per heavy atom. The number of carbonyl (C=O) groups is 1. The van der Waals surface area contributed by atoms with Gasteiger partial charge in [-0.05, 0) is 50.4 Å². The first kappa shape index (κ1) is 14.4. The molecule has 0 unspecified atom stereocenters. The van der Waals surface area contributed by atoms with Crippen molar-refractivity contribution >= 4 is 17.3 Å². The van der Waals surface area contributed by atoms with Crippen LogP contribution in [-0.4, -0.2) is 39.1 Å². The molecule has 1 N–H and O–H groups in total. The Hall–Kier alpha value is -1.55. The van der Waals surface area contributed by atoms with Crippen molar-refractivity contribution in [3.63, 3.8) is 0 Å². The summed E-state index contributed by atoms with van der Waals surface area (Å²) in [6, 6.07) is 8.22. The molecule has 4 heteroatoms. The van der Waals surface area contributed by atoms with Gasteiger partial charge in [0.2, 0.25) is 5.91 Å². The van der Waals surface area contributed by atoms with Gasteiger partial charge in [0, 0.05) is 26.6 Å². The number of nitrogens with one attached hydrogen (secondary N) is 1. The SMILES string of the molecule is CN1CCN(C(=O)CCC2CCNCC2)c2ccccc21. The molecule has 1 aromatic rings. The smallest absolute Gasteiger partial charge is 0.227 e. The Balaban J connectivity index is 1.63. The summed E-state index contributed by atoms with van der Waals surface area (Å²) in [7, 11) is 2.09. The molecule has 1 amide bonds. The van der Waals surface area contributed by atoms with Crippen LogP contribution >= 0.6 is 0 Å². The summed E-state index contributed by atoms with van der Waals surface area (Å²) in [4.78, 5) is 16.8. The van der Waals surface area contributed by atoms with Gasteiger partial charge in [-0.1, -0.05) is 12.1 Å². The number of amides is 1. The molecule has 0 bridgehead atoms. The summed E-state index contributed by atoms with van der Waals surface area (Å²) in [5, 5.41) is 3.38. The molecule has 2 aliphatic heterocycles. The number of carbonyl (C=O) groups excluding carboxylic acids is 1. The van der Waals surface area contributed by atoms with Gasteiger partial charge in [-0.3, -0.25) is 4.79 Å². The summed E-state index contributed by atoms with van der Waals surface area (Å²) in [6.45, 7) is 3.93. The van der Waals surface area contributed by atoms with Gasteiger partial charge in [0.1, 0.15) is 0 Å². The first-order valence-electron chi connectivity index (χ1n) is 8.07. The van der Waals surface area contributed by atoms with Gasteiger partial charge in [-0.15, -0.1) is 0 Å². The number of nitrogens with zero attached hydrogens (tertiary/aromatic N) is 2. The number of anilines is 2. The van der Waals surface area contributed by atoms with E-state index in [1.807, 2.05) is 17.0 Å². The van der Waals surface area contributed by atoms with Crippen molar-refractivity contribution in [3.05, 3.63) is 24.3 Å². The van der Waals surface area contributed by atoms with E-state index in [0.29, 0.717) is 6.42 Å². The summed E-state index contributed by atoms with van der Waals surface area (Å²) < 4.78 is 0. The highest BCUT2D eigenvalue weighted by atomic mass is 16.2. The number of para-hydroxylation sites is 2. The minimum Gasteiger partial charge on any atom is -0.371 e. The molecular weight excluding hydrogens is 262 g/mol. The molecule has 2 heterocycles. The van der Waals surface area contributed by atoms with E-state index in [-0.39, 0.29) is 5.91 Å². The second-order valence-electron chi connectivity index (χ2n) is 6.19. The van der Waals surface area contributed by atoms with E-state index in [2.05, 4.69) is 29.4 Å². The number of likely N-dealkylation sites (N-methyl/N-ethyl adjacent to an activating group) is 1. The zero-order valence-electron chi connectivity index (χ0n) is 12.8. The monoisotopic (exact) mass is 287 g/mol. The molecule has 3 rings (SSSR count). The fraction of sp³-hybridized carbons (Fsp3) is 0.588. The fourth-order valence-electron chi connectivity index (χ4n) is 3.40. The van der Waals surface area contributed by atoms with Gasteiger partial charge in [0.25, 0.3) is 0 Å². The lowest BCUT2D eigenvalue weighted by Gasteiger charge is -2.36. The van der Waals surface area contributed by atoms with Crippen LogP contribution in [0.15, 0.2) is 24.3 Å².